The van der Waals surface area contributed by atoms with Gasteiger partial charge >= 0.3 is 0 Å². The first kappa shape index (κ1) is 16.0. The van der Waals surface area contributed by atoms with Crippen molar-refractivity contribution >= 4 is 27.5 Å². The summed E-state index contributed by atoms with van der Waals surface area (Å²) in [6, 6.07) is 5.80. The fourth-order valence-corrected chi connectivity index (χ4v) is 2.86. The molecule has 1 aliphatic heterocycles. The summed E-state index contributed by atoms with van der Waals surface area (Å²) >= 11 is 3.56. The van der Waals surface area contributed by atoms with Crippen molar-refractivity contribution in [3.63, 3.8) is 0 Å². The molecular formula is C16H20BrNO3. The minimum Gasteiger partial charge on any atom is -0.491 e. The van der Waals surface area contributed by atoms with Gasteiger partial charge in [-0.2, -0.15) is 0 Å². The minimum absolute atomic E-state index is 0.0502. The average molecular weight is 354 g/mol. The lowest BCUT2D eigenvalue weighted by molar-refractivity contribution is -0.131. The third-order valence-electron chi connectivity index (χ3n) is 3.55. The van der Waals surface area contributed by atoms with Crippen molar-refractivity contribution in [3.8, 4) is 5.75 Å². The number of nitrogens with zero attached hydrogens (tertiary/aromatic N) is 1. The Kier molecular flexibility index (Phi) is 5.42. The van der Waals surface area contributed by atoms with Gasteiger partial charge in [0.15, 0.2) is 0 Å². The highest BCUT2D eigenvalue weighted by Crippen LogP contribution is 2.33. The first-order valence-corrected chi connectivity index (χ1v) is 7.73. The lowest BCUT2D eigenvalue weighted by Crippen LogP contribution is -2.33. The molecule has 1 aromatic rings. The Morgan fingerprint density at radius 3 is 2.81 bits per heavy atom. The molecule has 1 amide bonds. The molecule has 0 spiro atoms. The van der Waals surface area contributed by atoms with Gasteiger partial charge in [0, 0.05) is 35.8 Å². The summed E-state index contributed by atoms with van der Waals surface area (Å²) in [5.74, 6) is 0.982. The molecule has 1 atom stereocenters. The second kappa shape index (κ2) is 7.09. The Hall–Kier alpha value is -1.33. The maximum Gasteiger partial charge on any atom is 0.229 e. The predicted octanol–water partition coefficient (Wildman–Crippen LogP) is 3.31. The number of benzene rings is 1. The van der Waals surface area contributed by atoms with E-state index in [0.717, 1.165) is 27.9 Å². The Morgan fingerprint density at radius 1 is 1.38 bits per heavy atom. The Bertz CT molecular complexity index is 556. The van der Waals surface area contributed by atoms with Crippen LogP contribution < -0.4 is 4.74 Å². The highest BCUT2D eigenvalue weighted by Gasteiger charge is 2.26. The molecule has 0 fully saturated rings. The molecule has 5 heteroatoms. The highest BCUT2D eigenvalue weighted by molar-refractivity contribution is 9.10. The molecule has 0 radical (unpaired) electrons. The normalized spacial score (nSPS) is 18.7. The van der Waals surface area contributed by atoms with Gasteiger partial charge in [0.2, 0.25) is 5.91 Å². The molecule has 0 aliphatic carbocycles. The van der Waals surface area contributed by atoms with Gasteiger partial charge in [0.1, 0.15) is 12.4 Å². The summed E-state index contributed by atoms with van der Waals surface area (Å²) in [5, 5.41) is 0. The van der Waals surface area contributed by atoms with E-state index >= 15 is 0 Å². The monoisotopic (exact) mass is 353 g/mol. The Labute approximate surface area is 133 Å². The number of hydrogen-bond donors (Lipinski definition) is 0. The van der Waals surface area contributed by atoms with Crippen LogP contribution in [0.4, 0.5) is 0 Å². The molecule has 21 heavy (non-hydrogen) atoms. The topological polar surface area (TPSA) is 38.8 Å². The summed E-state index contributed by atoms with van der Waals surface area (Å²) in [5.41, 5.74) is 1.94. The van der Waals surface area contributed by atoms with E-state index in [9.17, 15) is 4.79 Å². The van der Waals surface area contributed by atoms with E-state index in [1.54, 1.807) is 12.0 Å². The Balaban J connectivity index is 2.19. The van der Waals surface area contributed by atoms with E-state index in [2.05, 4.69) is 22.0 Å². The van der Waals surface area contributed by atoms with Crippen molar-refractivity contribution < 1.29 is 14.3 Å². The number of allylic oxidation sites excluding steroid dienone is 1. The summed E-state index contributed by atoms with van der Waals surface area (Å²) in [6.07, 6.45) is 2.88. The van der Waals surface area contributed by atoms with Crippen LogP contribution >= 0.6 is 15.9 Å². The van der Waals surface area contributed by atoms with Gasteiger partial charge in [-0.15, -0.1) is 0 Å². The number of carbonyl (C=O) groups excluding carboxylic acids is 1. The molecule has 0 N–H and O–H groups in total. The molecule has 4 nitrogen and oxygen atoms in total. The van der Waals surface area contributed by atoms with Gasteiger partial charge in [-0.25, -0.2) is 0 Å². The largest absolute Gasteiger partial charge is 0.491 e. The quantitative estimate of drug-likeness (QED) is 0.762. The lowest BCUT2D eigenvalue weighted by Gasteiger charge is -2.29. The standard InChI is InChI=1S/C16H20BrNO3/c1-11-4-7-15(18(2)16(11)19)13-6-5-12(10-14(13)17)21-9-8-20-3/h5-7,10-11H,4,8-9H2,1-3H3. The number of hydrogen-bond acceptors (Lipinski definition) is 3. The maximum atomic E-state index is 12.1. The van der Waals surface area contributed by atoms with Gasteiger partial charge in [-0.3, -0.25) is 4.79 Å². The van der Waals surface area contributed by atoms with E-state index in [1.165, 1.54) is 0 Å². The molecule has 1 aliphatic rings. The molecule has 2 rings (SSSR count). The van der Waals surface area contributed by atoms with Gasteiger partial charge in [-0.1, -0.05) is 13.0 Å². The van der Waals surface area contributed by atoms with Gasteiger partial charge in [0.05, 0.1) is 6.61 Å². The van der Waals surface area contributed by atoms with Crippen molar-refractivity contribution in [2.45, 2.75) is 13.3 Å². The summed E-state index contributed by atoms with van der Waals surface area (Å²) in [6.45, 7) is 3.02. The van der Waals surface area contributed by atoms with Crippen LogP contribution in [0, 0.1) is 5.92 Å². The number of carbonyl (C=O) groups is 1. The Morgan fingerprint density at radius 2 is 2.14 bits per heavy atom. The van der Waals surface area contributed by atoms with Crippen LogP contribution in [0.2, 0.25) is 0 Å². The van der Waals surface area contributed by atoms with Gasteiger partial charge in [0.25, 0.3) is 0 Å². The number of rotatable bonds is 5. The van der Waals surface area contributed by atoms with E-state index in [0.29, 0.717) is 13.2 Å². The van der Waals surface area contributed by atoms with Crippen LogP contribution in [0.25, 0.3) is 5.70 Å². The molecule has 0 saturated heterocycles. The van der Waals surface area contributed by atoms with Crippen LogP contribution in [0.5, 0.6) is 5.75 Å². The van der Waals surface area contributed by atoms with E-state index in [-0.39, 0.29) is 11.8 Å². The van der Waals surface area contributed by atoms with Crippen molar-refractivity contribution in [1.82, 2.24) is 4.90 Å². The first-order chi connectivity index (χ1) is 10.0. The highest BCUT2D eigenvalue weighted by atomic mass is 79.9. The smallest absolute Gasteiger partial charge is 0.229 e. The molecule has 1 aromatic carbocycles. The van der Waals surface area contributed by atoms with Crippen LogP contribution in [0.1, 0.15) is 18.9 Å². The van der Waals surface area contributed by atoms with Crippen LogP contribution in [0.3, 0.4) is 0 Å². The van der Waals surface area contributed by atoms with Crippen LogP contribution in [-0.4, -0.2) is 38.2 Å². The first-order valence-electron chi connectivity index (χ1n) is 6.94. The number of amides is 1. The third-order valence-corrected chi connectivity index (χ3v) is 4.21. The van der Waals surface area contributed by atoms with E-state index in [4.69, 9.17) is 9.47 Å². The van der Waals surface area contributed by atoms with E-state index in [1.807, 2.05) is 32.2 Å². The molecule has 114 valence electrons. The minimum atomic E-state index is 0.0502. The molecular weight excluding hydrogens is 334 g/mol. The summed E-state index contributed by atoms with van der Waals surface area (Å²) < 4.78 is 11.5. The lowest BCUT2D eigenvalue weighted by atomic mass is 9.98. The number of ether oxygens (including phenoxy) is 2. The summed E-state index contributed by atoms with van der Waals surface area (Å²) in [7, 11) is 3.46. The van der Waals surface area contributed by atoms with Crippen molar-refractivity contribution in [3.05, 3.63) is 34.3 Å². The average Bonchev–Trinajstić information content (AvgIpc) is 2.46. The van der Waals surface area contributed by atoms with Crippen molar-refractivity contribution in [2.24, 2.45) is 5.92 Å². The molecule has 1 heterocycles. The second-order valence-corrected chi connectivity index (χ2v) is 5.96. The SMILES string of the molecule is COCCOc1ccc(C2=CCC(C)C(=O)N2C)c(Br)c1. The molecule has 0 saturated carbocycles. The zero-order valence-corrected chi connectivity index (χ0v) is 14.1. The third kappa shape index (κ3) is 3.66. The fourth-order valence-electron chi connectivity index (χ4n) is 2.30. The molecule has 0 bridgehead atoms. The van der Waals surface area contributed by atoms with Crippen molar-refractivity contribution in [1.29, 1.82) is 0 Å². The second-order valence-electron chi connectivity index (χ2n) is 5.11. The van der Waals surface area contributed by atoms with Crippen molar-refractivity contribution in [2.75, 3.05) is 27.4 Å². The predicted molar refractivity (Wildman–Crippen MR) is 86.0 cm³/mol. The zero-order chi connectivity index (χ0) is 15.4. The molecule has 0 aromatic heterocycles. The van der Waals surface area contributed by atoms with E-state index < -0.39 is 0 Å². The number of halogens is 1. The van der Waals surface area contributed by atoms with Crippen LogP contribution in [0.15, 0.2) is 28.7 Å². The maximum absolute atomic E-state index is 12.1. The molecule has 1 unspecified atom stereocenters. The summed E-state index contributed by atoms with van der Waals surface area (Å²) in [4.78, 5) is 13.8. The van der Waals surface area contributed by atoms with Crippen LogP contribution in [-0.2, 0) is 9.53 Å². The van der Waals surface area contributed by atoms with Gasteiger partial charge < -0.3 is 14.4 Å². The zero-order valence-electron chi connectivity index (χ0n) is 12.6. The number of methoxy groups -OCH3 is 1. The van der Waals surface area contributed by atoms with Gasteiger partial charge in [-0.05, 0) is 40.5 Å². The fraction of sp³-hybridized carbons (Fsp3) is 0.438.